The molecule has 1 atom stereocenters. The van der Waals surface area contributed by atoms with Crippen LogP contribution in [0.3, 0.4) is 0 Å². The number of carbonyl (C=O) groups is 1. The SMILES string of the molecule is CC(Oc1ccc(C#N)cc1)C(=O)NCc1cnn(-c2ccccc2)c1. The zero-order chi connectivity index (χ0) is 18.4. The predicted molar refractivity (Wildman–Crippen MR) is 96.7 cm³/mol. The van der Waals surface area contributed by atoms with E-state index in [1.165, 1.54) is 0 Å². The molecule has 1 aromatic heterocycles. The van der Waals surface area contributed by atoms with Crippen LogP contribution in [0.5, 0.6) is 5.75 Å². The van der Waals surface area contributed by atoms with E-state index in [1.807, 2.05) is 42.6 Å². The number of amides is 1. The molecule has 0 aliphatic rings. The van der Waals surface area contributed by atoms with Crippen LogP contribution < -0.4 is 10.1 Å². The van der Waals surface area contributed by atoms with Crippen LogP contribution in [0.15, 0.2) is 67.0 Å². The van der Waals surface area contributed by atoms with Crippen LogP contribution >= 0.6 is 0 Å². The molecule has 1 amide bonds. The first kappa shape index (κ1) is 17.2. The van der Waals surface area contributed by atoms with Crippen LogP contribution in [0.4, 0.5) is 0 Å². The van der Waals surface area contributed by atoms with E-state index in [0.717, 1.165) is 11.3 Å². The molecule has 0 saturated carbocycles. The van der Waals surface area contributed by atoms with Gasteiger partial charge in [0.15, 0.2) is 6.10 Å². The number of benzene rings is 2. The van der Waals surface area contributed by atoms with E-state index in [2.05, 4.69) is 10.4 Å². The van der Waals surface area contributed by atoms with Crippen molar-refractivity contribution < 1.29 is 9.53 Å². The molecule has 130 valence electrons. The molecule has 0 aliphatic carbocycles. The Kier molecular flexibility index (Phi) is 5.30. The summed E-state index contributed by atoms with van der Waals surface area (Å²) >= 11 is 0. The summed E-state index contributed by atoms with van der Waals surface area (Å²) in [5, 5.41) is 15.9. The maximum absolute atomic E-state index is 12.2. The summed E-state index contributed by atoms with van der Waals surface area (Å²) in [7, 11) is 0. The quantitative estimate of drug-likeness (QED) is 0.744. The van der Waals surface area contributed by atoms with Crippen molar-refractivity contribution in [1.29, 1.82) is 5.26 Å². The van der Waals surface area contributed by atoms with Crippen molar-refractivity contribution in [2.45, 2.75) is 19.6 Å². The largest absolute Gasteiger partial charge is 0.481 e. The Balaban J connectivity index is 1.53. The molecule has 3 aromatic rings. The summed E-state index contributed by atoms with van der Waals surface area (Å²) in [6.45, 7) is 2.05. The van der Waals surface area contributed by atoms with Gasteiger partial charge in [0, 0.05) is 18.3 Å². The predicted octanol–water partition coefficient (Wildman–Crippen LogP) is 2.83. The highest BCUT2D eigenvalue weighted by Gasteiger charge is 2.14. The average molecular weight is 346 g/mol. The second-order valence-electron chi connectivity index (χ2n) is 5.74. The molecule has 0 fully saturated rings. The fraction of sp³-hybridized carbons (Fsp3) is 0.150. The van der Waals surface area contributed by atoms with Crippen molar-refractivity contribution in [1.82, 2.24) is 15.1 Å². The van der Waals surface area contributed by atoms with Crippen LogP contribution in [0, 0.1) is 11.3 Å². The summed E-state index contributed by atoms with van der Waals surface area (Å²) in [4.78, 5) is 12.2. The second-order valence-corrected chi connectivity index (χ2v) is 5.74. The molecule has 1 N–H and O–H groups in total. The first-order valence-corrected chi connectivity index (χ1v) is 8.19. The molecule has 6 nitrogen and oxygen atoms in total. The Bertz CT molecular complexity index is 911. The lowest BCUT2D eigenvalue weighted by atomic mass is 10.2. The highest BCUT2D eigenvalue weighted by atomic mass is 16.5. The number of nitrogens with zero attached hydrogens (tertiary/aromatic N) is 3. The molecule has 0 bridgehead atoms. The second kappa shape index (κ2) is 7.99. The lowest BCUT2D eigenvalue weighted by Gasteiger charge is -2.14. The van der Waals surface area contributed by atoms with Gasteiger partial charge in [-0.1, -0.05) is 18.2 Å². The minimum Gasteiger partial charge on any atom is -0.481 e. The number of nitrogens with one attached hydrogen (secondary N) is 1. The van der Waals surface area contributed by atoms with E-state index in [4.69, 9.17) is 10.00 Å². The van der Waals surface area contributed by atoms with Crippen molar-refractivity contribution in [3.63, 3.8) is 0 Å². The molecule has 1 unspecified atom stereocenters. The average Bonchev–Trinajstić information content (AvgIpc) is 3.16. The number of hydrogen-bond donors (Lipinski definition) is 1. The molecule has 6 heteroatoms. The summed E-state index contributed by atoms with van der Waals surface area (Å²) < 4.78 is 7.36. The van der Waals surface area contributed by atoms with E-state index in [-0.39, 0.29) is 5.91 Å². The van der Waals surface area contributed by atoms with Crippen LogP contribution in [0.2, 0.25) is 0 Å². The van der Waals surface area contributed by atoms with E-state index < -0.39 is 6.10 Å². The molecular weight excluding hydrogens is 328 g/mol. The van der Waals surface area contributed by atoms with Gasteiger partial charge in [-0.15, -0.1) is 0 Å². The zero-order valence-electron chi connectivity index (χ0n) is 14.3. The fourth-order valence-corrected chi connectivity index (χ4v) is 2.37. The summed E-state index contributed by atoms with van der Waals surface area (Å²) in [5.74, 6) is 0.324. The number of hydrogen-bond acceptors (Lipinski definition) is 4. The van der Waals surface area contributed by atoms with Gasteiger partial charge < -0.3 is 10.1 Å². The van der Waals surface area contributed by atoms with E-state index >= 15 is 0 Å². The third-order valence-electron chi connectivity index (χ3n) is 3.79. The Labute approximate surface area is 151 Å². The molecule has 3 rings (SSSR count). The highest BCUT2D eigenvalue weighted by molar-refractivity contribution is 5.80. The maximum Gasteiger partial charge on any atom is 0.261 e. The van der Waals surface area contributed by atoms with Crippen molar-refractivity contribution in [3.05, 3.63) is 78.1 Å². The Morgan fingerprint density at radius 3 is 2.65 bits per heavy atom. The molecule has 1 heterocycles. The zero-order valence-corrected chi connectivity index (χ0v) is 14.3. The number of para-hydroxylation sites is 1. The topological polar surface area (TPSA) is 79.9 Å². The van der Waals surface area contributed by atoms with Crippen molar-refractivity contribution in [3.8, 4) is 17.5 Å². The number of nitriles is 1. The number of ether oxygens (including phenoxy) is 1. The normalized spacial score (nSPS) is 11.4. The minimum absolute atomic E-state index is 0.221. The Morgan fingerprint density at radius 1 is 1.23 bits per heavy atom. The Morgan fingerprint density at radius 2 is 1.96 bits per heavy atom. The molecule has 26 heavy (non-hydrogen) atoms. The van der Waals surface area contributed by atoms with Crippen molar-refractivity contribution in [2.24, 2.45) is 0 Å². The van der Waals surface area contributed by atoms with Gasteiger partial charge in [-0.25, -0.2) is 4.68 Å². The molecule has 0 saturated heterocycles. The van der Waals surface area contributed by atoms with Gasteiger partial charge >= 0.3 is 0 Å². The van der Waals surface area contributed by atoms with Gasteiger partial charge in [0.1, 0.15) is 5.75 Å². The van der Waals surface area contributed by atoms with Crippen LogP contribution in [0.25, 0.3) is 5.69 Å². The van der Waals surface area contributed by atoms with Crippen molar-refractivity contribution in [2.75, 3.05) is 0 Å². The van der Waals surface area contributed by atoms with Crippen LogP contribution in [-0.4, -0.2) is 21.8 Å². The third kappa shape index (κ3) is 4.28. The third-order valence-corrected chi connectivity index (χ3v) is 3.79. The van der Waals surface area contributed by atoms with Crippen LogP contribution in [0.1, 0.15) is 18.1 Å². The molecular formula is C20H18N4O2. The lowest BCUT2D eigenvalue weighted by Crippen LogP contribution is -2.35. The van der Waals surface area contributed by atoms with Gasteiger partial charge in [-0.3, -0.25) is 4.79 Å². The molecule has 0 spiro atoms. The number of aromatic nitrogens is 2. The van der Waals surface area contributed by atoms with Gasteiger partial charge in [0.05, 0.1) is 23.5 Å². The number of rotatable bonds is 6. The highest BCUT2D eigenvalue weighted by Crippen LogP contribution is 2.13. The first-order chi connectivity index (χ1) is 12.7. The molecule has 2 aromatic carbocycles. The number of carbonyl (C=O) groups excluding carboxylic acids is 1. The smallest absolute Gasteiger partial charge is 0.261 e. The fourth-order valence-electron chi connectivity index (χ4n) is 2.37. The lowest BCUT2D eigenvalue weighted by molar-refractivity contribution is -0.127. The van der Waals surface area contributed by atoms with Gasteiger partial charge in [-0.05, 0) is 43.3 Å². The van der Waals surface area contributed by atoms with Gasteiger partial charge in [0.25, 0.3) is 5.91 Å². The Hall–Kier alpha value is -3.59. The first-order valence-electron chi connectivity index (χ1n) is 8.19. The van der Waals surface area contributed by atoms with E-state index in [0.29, 0.717) is 17.9 Å². The summed E-state index contributed by atoms with van der Waals surface area (Å²) in [5.41, 5.74) is 2.40. The monoisotopic (exact) mass is 346 g/mol. The summed E-state index contributed by atoms with van der Waals surface area (Å²) in [6.07, 6.45) is 2.95. The van der Waals surface area contributed by atoms with Gasteiger partial charge in [0.2, 0.25) is 0 Å². The molecule has 0 radical (unpaired) electrons. The van der Waals surface area contributed by atoms with E-state index in [1.54, 1.807) is 42.1 Å². The minimum atomic E-state index is -0.646. The standard InChI is InChI=1S/C20H18N4O2/c1-15(26-19-9-7-16(11-21)8-10-19)20(25)22-12-17-13-23-24(14-17)18-5-3-2-4-6-18/h2-10,13-15H,12H2,1H3,(H,22,25). The van der Waals surface area contributed by atoms with Crippen molar-refractivity contribution >= 4 is 5.91 Å². The van der Waals surface area contributed by atoms with Crippen LogP contribution in [-0.2, 0) is 11.3 Å². The summed E-state index contributed by atoms with van der Waals surface area (Å²) in [6, 6.07) is 18.4. The maximum atomic E-state index is 12.2. The van der Waals surface area contributed by atoms with Gasteiger partial charge in [-0.2, -0.15) is 10.4 Å². The molecule has 0 aliphatic heterocycles. The van der Waals surface area contributed by atoms with E-state index in [9.17, 15) is 4.79 Å².